The van der Waals surface area contributed by atoms with Gasteiger partial charge in [-0.15, -0.1) is 0 Å². The Hall–Kier alpha value is -2.77. The summed E-state index contributed by atoms with van der Waals surface area (Å²) in [6, 6.07) is 4.43. The van der Waals surface area contributed by atoms with Crippen molar-refractivity contribution in [2.75, 3.05) is 25.4 Å². The molecule has 21 heavy (non-hydrogen) atoms. The third-order valence-corrected chi connectivity index (χ3v) is 2.54. The molecule has 0 fully saturated rings. The molecule has 6 N–H and O–H groups in total. The molecular formula is C13H18N4O4. The van der Waals surface area contributed by atoms with Gasteiger partial charge in [0.1, 0.15) is 18.8 Å². The van der Waals surface area contributed by atoms with E-state index in [0.717, 1.165) is 4.90 Å². The van der Waals surface area contributed by atoms with Gasteiger partial charge in [-0.1, -0.05) is 0 Å². The quantitative estimate of drug-likeness (QED) is 0.557. The number of anilines is 1. The maximum absolute atomic E-state index is 12.3. The topological polar surface area (TPSA) is 142 Å². The minimum Gasteiger partial charge on any atom is -0.492 e. The largest absolute Gasteiger partial charge is 0.492 e. The van der Waals surface area contributed by atoms with Crippen LogP contribution in [-0.4, -0.2) is 42.3 Å². The van der Waals surface area contributed by atoms with Gasteiger partial charge < -0.3 is 26.8 Å². The summed E-state index contributed by atoms with van der Waals surface area (Å²) in [7, 11) is 0. The van der Waals surface area contributed by atoms with Crippen LogP contribution in [0.1, 0.15) is 17.3 Å². The van der Waals surface area contributed by atoms with Crippen LogP contribution in [0.5, 0.6) is 5.75 Å². The molecule has 0 bridgehead atoms. The van der Waals surface area contributed by atoms with Crippen LogP contribution in [0.15, 0.2) is 18.2 Å². The van der Waals surface area contributed by atoms with Crippen LogP contribution in [-0.2, 0) is 9.59 Å². The van der Waals surface area contributed by atoms with Gasteiger partial charge in [0, 0.05) is 5.56 Å². The molecule has 0 aromatic heterocycles. The molecule has 8 nitrogen and oxygen atoms in total. The molecular weight excluding hydrogens is 276 g/mol. The molecule has 0 spiro atoms. The maximum Gasteiger partial charge on any atom is 0.254 e. The van der Waals surface area contributed by atoms with Crippen molar-refractivity contribution in [2.45, 2.75) is 6.92 Å². The molecule has 114 valence electrons. The zero-order valence-electron chi connectivity index (χ0n) is 11.7. The minimum atomic E-state index is -0.747. The molecule has 1 rings (SSSR count). The van der Waals surface area contributed by atoms with Gasteiger partial charge in [-0.25, -0.2) is 0 Å². The van der Waals surface area contributed by atoms with E-state index in [9.17, 15) is 14.4 Å². The fourth-order valence-corrected chi connectivity index (χ4v) is 1.73. The molecule has 0 atom stereocenters. The van der Waals surface area contributed by atoms with Gasteiger partial charge in [0.25, 0.3) is 5.91 Å². The van der Waals surface area contributed by atoms with Crippen LogP contribution in [0.2, 0.25) is 0 Å². The van der Waals surface area contributed by atoms with Crippen LogP contribution >= 0.6 is 0 Å². The first kappa shape index (κ1) is 16.3. The number of nitrogen functional groups attached to an aromatic ring is 1. The van der Waals surface area contributed by atoms with E-state index in [2.05, 4.69) is 0 Å². The molecule has 0 heterocycles. The van der Waals surface area contributed by atoms with Crippen molar-refractivity contribution in [1.82, 2.24) is 4.90 Å². The molecule has 0 radical (unpaired) electrons. The van der Waals surface area contributed by atoms with Gasteiger partial charge in [-0.3, -0.25) is 14.4 Å². The summed E-state index contributed by atoms with van der Waals surface area (Å²) in [5.74, 6) is -1.61. The van der Waals surface area contributed by atoms with Crippen molar-refractivity contribution in [1.29, 1.82) is 0 Å². The Bertz CT molecular complexity index is 543. The number of nitrogens with zero attached hydrogens (tertiary/aromatic N) is 1. The van der Waals surface area contributed by atoms with Crippen molar-refractivity contribution >= 4 is 23.4 Å². The Balaban J connectivity index is 2.99. The Labute approximate surface area is 121 Å². The van der Waals surface area contributed by atoms with E-state index in [4.69, 9.17) is 21.9 Å². The Morgan fingerprint density at radius 3 is 2.14 bits per heavy atom. The average Bonchev–Trinajstić information content (AvgIpc) is 2.38. The monoisotopic (exact) mass is 294 g/mol. The lowest BCUT2D eigenvalue weighted by molar-refractivity contribution is -0.121. The summed E-state index contributed by atoms with van der Waals surface area (Å²) in [5.41, 5.74) is 16.4. The van der Waals surface area contributed by atoms with E-state index < -0.39 is 30.8 Å². The van der Waals surface area contributed by atoms with E-state index in [-0.39, 0.29) is 11.3 Å². The van der Waals surface area contributed by atoms with Gasteiger partial charge in [-0.2, -0.15) is 0 Å². The number of nitrogens with two attached hydrogens (primary N) is 3. The van der Waals surface area contributed by atoms with Gasteiger partial charge in [0.2, 0.25) is 11.8 Å². The van der Waals surface area contributed by atoms with E-state index in [1.165, 1.54) is 12.1 Å². The summed E-state index contributed by atoms with van der Waals surface area (Å²) in [5, 5.41) is 0. The minimum absolute atomic E-state index is 0.207. The number of hydrogen-bond donors (Lipinski definition) is 3. The highest BCUT2D eigenvalue weighted by molar-refractivity contribution is 5.99. The Kier molecular flexibility index (Phi) is 5.53. The van der Waals surface area contributed by atoms with Crippen LogP contribution in [0.4, 0.5) is 5.69 Å². The second-order valence-electron chi connectivity index (χ2n) is 4.28. The number of primary amides is 2. The molecule has 0 saturated heterocycles. The zero-order chi connectivity index (χ0) is 16.0. The summed E-state index contributed by atoms with van der Waals surface area (Å²) in [6.07, 6.45) is 0. The lowest BCUT2D eigenvalue weighted by Crippen LogP contribution is -2.43. The first-order valence-electron chi connectivity index (χ1n) is 6.23. The fourth-order valence-electron chi connectivity index (χ4n) is 1.73. The second-order valence-corrected chi connectivity index (χ2v) is 4.28. The van der Waals surface area contributed by atoms with Crippen LogP contribution in [0.25, 0.3) is 0 Å². The molecule has 3 amide bonds. The van der Waals surface area contributed by atoms with Gasteiger partial charge in [-0.05, 0) is 25.1 Å². The SMILES string of the molecule is CCOc1ccc(C(=O)N(CC(N)=O)CC(N)=O)cc1N. The number of carbonyl (C=O) groups is 3. The van der Waals surface area contributed by atoms with E-state index in [1.54, 1.807) is 13.0 Å². The highest BCUT2D eigenvalue weighted by Gasteiger charge is 2.20. The predicted octanol–water partition coefficient (Wildman–Crippen LogP) is -0.920. The standard InChI is InChI=1S/C13H18N4O4/c1-2-21-10-4-3-8(5-9(10)14)13(20)17(6-11(15)18)7-12(16)19/h3-5H,2,6-7,14H2,1H3,(H2,15,18)(H2,16,19). The third kappa shape index (κ3) is 4.68. The lowest BCUT2D eigenvalue weighted by atomic mass is 10.1. The van der Waals surface area contributed by atoms with E-state index >= 15 is 0 Å². The van der Waals surface area contributed by atoms with Crippen molar-refractivity contribution in [2.24, 2.45) is 11.5 Å². The van der Waals surface area contributed by atoms with Crippen molar-refractivity contribution in [3.05, 3.63) is 23.8 Å². The molecule has 0 aliphatic rings. The zero-order valence-corrected chi connectivity index (χ0v) is 11.7. The Morgan fingerprint density at radius 2 is 1.71 bits per heavy atom. The van der Waals surface area contributed by atoms with Crippen LogP contribution in [0, 0.1) is 0 Å². The number of benzene rings is 1. The normalized spacial score (nSPS) is 9.95. The highest BCUT2D eigenvalue weighted by atomic mass is 16.5. The molecule has 0 unspecified atom stereocenters. The number of rotatable bonds is 7. The Morgan fingerprint density at radius 1 is 1.14 bits per heavy atom. The average molecular weight is 294 g/mol. The summed E-state index contributed by atoms with van der Waals surface area (Å²) in [6.45, 7) is 1.43. The lowest BCUT2D eigenvalue weighted by Gasteiger charge is -2.20. The van der Waals surface area contributed by atoms with Gasteiger partial charge in [0.05, 0.1) is 12.3 Å². The highest BCUT2D eigenvalue weighted by Crippen LogP contribution is 2.23. The number of hydrogen-bond acceptors (Lipinski definition) is 5. The summed E-state index contributed by atoms with van der Waals surface area (Å²) >= 11 is 0. The number of carbonyl (C=O) groups excluding carboxylic acids is 3. The summed E-state index contributed by atoms with van der Waals surface area (Å²) in [4.78, 5) is 35.1. The van der Waals surface area contributed by atoms with Crippen molar-refractivity contribution in [3.63, 3.8) is 0 Å². The van der Waals surface area contributed by atoms with Crippen molar-refractivity contribution < 1.29 is 19.1 Å². The maximum atomic E-state index is 12.3. The van der Waals surface area contributed by atoms with E-state index in [1.807, 2.05) is 0 Å². The molecule has 1 aromatic rings. The van der Waals surface area contributed by atoms with Crippen LogP contribution in [0.3, 0.4) is 0 Å². The number of ether oxygens (including phenoxy) is 1. The molecule has 1 aromatic carbocycles. The molecule has 8 heteroatoms. The second kappa shape index (κ2) is 7.13. The van der Waals surface area contributed by atoms with E-state index in [0.29, 0.717) is 12.4 Å². The fraction of sp³-hybridized carbons (Fsp3) is 0.308. The summed E-state index contributed by atoms with van der Waals surface area (Å²) < 4.78 is 5.26. The predicted molar refractivity (Wildman–Crippen MR) is 76.3 cm³/mol. The first-order chi connectivity index (χ1) is 9.85. The first-order valence-corrected chi connectivity index (χ1v) is 6.23. The number of amides is 3. The van der Waals surface area contributed by atoms with Gasteiger partial charge >= 0.3 is 0 Å². The molecule has 0 aliphatic heterocycles. The molecule has 0 aliphatic carbocycles. The molecule has 0 saturated carbocycles. The van der Waals surface area contributed by atoms with Gasteiger partial charge in [0.15, 0.2) is 0 Å². The third-order valence-electron chi connectivity index (χ3n) is 2.54. The smallest absolute Gasteiger partial charge is 0.254 e. The van der Waals surface area contributed by atoms with Crippen molar-refractivity contribution in [3.8, 4) is 5.75 Å². The van der Waals surface area contributed by atoms with Crippen LogP contribution < -0.4 is 21.9 Å².